The van der Waals surface area contributed by atoms with Gasteiger partial charge < -0.3 is 14.2 Å². The van der Waals surface area contributed by atoms with Gasteiger partial charge >= 0.3 is 5.97 Å². The van der Waals surface area contributed by atoms with Crippen molar-refractivity contribution in [1.29, 1.82) is 0 Å². The van der Waals surface area contributed by atoms with Crippen molar-refractivity contribution in [3.05, 3.63) is 12.4 Å². The van der Waals surface area contributed by atoms with Crippen LogP contribution in [0, 0.1) is 0 Å². The zero-order chi connectivity index (χ0) is 11.3. The van der Waals surface area contributed by atoms with E-state index in [4.69, 9.17) is 0 Å². The second kappa shape index (κ2) is 5.38. The number of hydrogen-bond acceptors (Lipinski definition) is 4. The standard InChI is InChI=1S/C10H17N3O2/c1-4-12-7-6-11-10(12)13(5-2)8-9(14)15-3/h6-7H,4-5,8H2,1-3H3. The molecule has 5 heteroatoms. The SMILES string of the molecule is CCN(CC(=O)OC)c1nccn1CC. The van der Waals surface area contributed by atoms with Gasteiger partial charge in [0.25, 0.3) is 0 Å². The summed E-state index contributed by atoms with van der Waals surface area (Å²) in [7, 11) is 1.39. The highest BCUT2D eigenvalue weighted by Gasteiger charge is 2.13. The Morgan fingerprint density at radius 1 is 1.60 bits per heavy atom. The first kappa shape index (κ1) is 11.6. The van der Waals surface area contributed by atoms with Crippen molar-refractivity contribution < 1.29 is 9.53 Å². The molecule has 0 radical (unpaired) electrons. The van der Waals surface area contributed by atoms with E-state index in [0.717, 1.165) is 19.0 Å². The summed E-state index contributed by atoms with van der Waals surface area (Å²) in [4.78, 5) is 17.3. The molecule has 0 amide bonds. The van der Waals surface area contributed by atoms with Crippen LogP contribution >= 0.6 is 0 Å². The van der Waals surface area contributed by atoms with Crippen LogP contribution in [-0.2, 0) is 16.1 Å². The van der Waals surface area contributed by atoms with Gasteiger partial charge in [-0.05, 0) is 13.8 Å². The molecule has 0 unspecified atom stereocenters. The normalized spacial score (nSPS) is 10.1. The highest BCUT2D eigenvalue weighted by molar-refractivity contribution is 5.74. The molecule has 15 heavy (non-hydrogen) atoms. The predicted molar refractivity (Wildman–Crippen MR) is 57.8 cm³/mol. The highest BCUT2D eigenvalue weighted by Crippen LogP contribution is 2.10. The van der Waals surface area contributed by atoms with Crippen LogP contribution in [0.1, 0.15) is 13.8 Å². The third-order valence-corrected chi connectivity index (χ3v) is 2.25. The zero-order valence-electron chi connectivity index (χ0n) is 9.43. The Labute approximate surface area is 89.7 Å². The number of nitrogens with zero attached hydrogens (tertiary/aromatic N) is 3. The van der Waals surface area contributed by atoms with Gasteiger partial charge in [0.05, 0.1) is 7.11 Å². The number of esters is 1. The molecular formula is C10H17N3O2. The molecule has 0 N–H and O–H groups in total. The van der Waals surface area contributed by atoms with E-state index in [0.29, 0.717) is 0 Å². The van der Waals surface area contributed by atoms with Crippen LogP contribution in [0.4, 0.5) is 5.95 Å². The van der Waals surface area contributed by atoms with Gasteiger partial charge in [-0.25, -0.2) is 4.98 Å². The summed E-state index contributed by atoms with van der Waals surface area (Å²) in [6.45, 7) is 5.83. The van der Waals surface area contributed by atoms with E-state index in [1.165, 1.54) is 7.11 Å². The number of aryl methyl sites for hydroxylation is 1. The third kappa shape index (κ3) is 2.71. The number of imidazole rings is 1. The van der Waals surface area contributed by atoms with Crippen molar-refractivity contribution >= 4 is 11.9 Å². The van der Waals surface area contributed by atoms with Gasteiger partial charge in [-0.1, -0.05) is 0 Å². The number of anilines is 1. The summed E-state index contributed by atoms with van der Waals surface area (Å²) in [6.07, 6.45) is 3.63. The van der Waals surface area contributed by atoms with Gasteiger partial charge in [0.1, 0.15) is 6.54 Å². The van der Waals surface area contributed by atoms with Crippen molar-refractivity contribution in [2.24, 2.45) is 0 Å². The zero-order valence-corrected chi connectivity index (χ0v) is 9.43. The maximum absolute atomic E-state index is 11.2. The maximum Gasteiger partial charge on any atom is 0.325 e. The molecule has 0 aliphatic heterocycles. The van der Waals surface area contributed by atoms with Crippen LogP contribution in [-0.4, -0.2) is 35.7 Å². The Balaban J connectivity index is 2.78. The molecule has 0 aliphatic rings. The molecule has 0 saturated carbocycles. The lowest BCUT2D eigenvalue weighted by atomic mass is 10.5. The molecule has 0 aromatic carbocycles. The van der Waals surface area contributed by atoms with Crippen molar-refractivity contribution in [3.63, 3.8) is 0 Å². The minimum absolute atomic E-state index is 0.240. The quantitative estimate of drug-likeness (QED) is 0.679. The molecule has 5 nitrogen and oxygen atoms in total. The van der Waals surface area contributed by atoms with E-state index < -0.39 is 0 Å². The van der Waals surface area contributed by atoms with Crippen LogP contribution < -0.4 is 4.90 Å². The highest BCUT2D eigenvalue weighted by atomic mass is 16.5. The molecule has 1 aromatic rings. The van der Waals surface area contributed by atoms with Crippen LogP contribution in [0.25, 0.3) is 0 Å². The summed E-state index contributed by atoms with van der Waals surface area (Å²) < 4.78 is 6.63. The lowest BCUT2D eigenvalue weighted by Gasteiger charge is -2.21. The number of methoxy groups -OCH3 is 1. The molecular weight excluding hydrogens is 194 g/mol. The van der Waals surface area contributed by atoms with Crippen LogP contribution in [0.3, 0.4) is 0 Å². The Kier molecular flexibility index (Phi) is 4.15. The van der Waals surface area contributed by atoms with Crippen LogP contribution in [0.2, 0.25) is 0 Å². The monoisotopic (exact) mass is 211 g/mol. The molecule has 0 saturated heterocycles. The molecule has 0 bridgehead atoms. The molecule has 0 aliphatic carbocycles. The summed E-state index contributed by atoms with van der Waals surface area (Å²) in [6, 6.07) is 0. The van der Waals surface area contributed by atoms with Crippen molar-refractivity contribution in [1.82, 2.24) is 9.55 Å². The van der Waals surface area contributed by atoms with Crippen molar-refractivity contribution in [3.8, 4) is 0 Å². The Hall–Kier alpha value is -1.52. The van der Waals surface area contributed by atoms with E-state index in [1.54, 1.807) is 6.20 Å². The second-order valence-electron chi connectivity index (χ2n) is 3.10. The van der Waals surface area contributed by atoms with E-state index >= 15 is 0 Å². The summed E-state index contributed by atoms with van der Waals surface area (Å²) >= 11 is 0. The van der Waals surface area contributed by atoms with E-state index in [-0.39, 0.29) is 12.5 Å². The summed E-state index contributed by atoms with van der Waals surface area (Å²) in [5, 5.41) is 0. The van der Waals surface area contributed by atoms with Gasteiger partial charge in [-0.3, -0.25) is 4.79 Å². The Morgan fingerprint density at radius 3 is 2.87 bits per heavy atom. The number of carbonyl (C=O) groups excluding carboxylic acids is 1. The second-order valence-corrected chi connectivity index (χ2v) is 3.10. The molecule has 0 fully saturated rings. The smallest absolute Gasteiger partial charge is 0.325 e. The lowest BCUT2D eigenvalue weighted by Crippen LogP contribution is -2.32. The fourth-order valence-electron chi connectivity index (χ4n) is 1.38. The van der Waals surface area contributed by atoms with E-state index in [1.807, 2.05) is 29.5 Å². The third-order valence-electron chi connectivity index (χ3n) is 2.25. The first-order valence-corrected chi connectivity index (χ1v) is 5.05. The Bertz CT molecular complexity index is 322. The number of likely N-dealkylation sites (N-methyl/N-ethyl adjacent to an activating group) is 1. The topological polar surface area (TPSA) is 47.4 Å². The van der Waals surface area contributed by atoms with E-state index in [9.17, 15) is 4.79 Å². The van der Waals surface area contributed by atoms with Gasteiger partial charge in [0, 0.05) is 25.5 Å². The van der Waals surface area contributed by atoms with Crippen LogP contribution in [0.15, 0.2) is 12.4 Å². The lowest BCUT2D eigenvalue weighted by molar-refractivity contribution is -0.138. The van der Waals surface area contributed by atoms with E-state index in [2.05, 4.69) is 9.72 Å². The first-order chi connectivity index (χ1) is 7.22. The minimum Gasteiger partial charge on any atom is -0.468 e. The molecule has 1 aromatic heterocycles. The van der Waals surface area contributed by atoms with Gasteiger partial charge in [0.2, 0.25) is 5.95 Å². The fourth-order valence-corrected chi connectivity index (χ4v) is 1.38. The molecule has 0 spiro atoms. The number of hydrogen-bond donors (Lipinski definition) is 0. The van der Waals surface area contributed by atoms with Crippen molar-refractivity contribution in [2.45, 2.75) is 20.4 Å². The molecule has 1 heterocycles. The van der Waals surface area contributed by atoms with Gasteiger partial charge in [-0.2, -0.15) is 0 Å². The Morgan fingerprint density at radius 2 is 2.33 bits per heavy atom. The summed E-state index contributed by atoms with van der Waals surface area (Å²) in [5.41, 5.74) is 0. The number of aromatic nitrogens is 2. The molecule has 84 valence electrons. The van der Waals surface area contributed by atoms with Crippen molar-refractivity contribution in [2.75, 3.05) is 25.1 Å². The number of carbonyl (C=O) groups is 1. The average Bonchev–Trinajstić information content (AvgIpc) is 2.73. The molecule has 0 atom stereocenters. The van der Waals surface area contributed by atoms with Crippen LogP contribution in [0.5, 0.6) is 0 Å². The largest absolute Gasteiger partial charge is 0.468 e. The van der Waals surface area contributed by atoms with Gasteiger partial charge in [-0.15, -0.1) is 0 Å². The minimum atomic E-state index is -0.248. The first-order valence-electron chi connectivity index (χ1n) is 5.05. The maximum atomic E-state index is 11.2. The molecule has 1 rings (SSSR count). The predicted octanol–water partition coefficient (Wildman–Crippen LogP) is 0.902. The number of rotatable bonds is 5. The van der Waals surface area contributed by atoms with Gasteiger partial charge in [0.15, 0.2) is 0 Å². The summed E-state index contributed by atoms with van der Waals surface area (Å²) in [5.74, 6) is 0.563. The number of ether oxygens (including phenoxy) is 1. The fraction of sp³-hybridized carbons (Fsp3) is 0.600. The average molecular weight is 211 g/mol.